The number of imidazole rings is 1. The van der Waals surface area contributed by atoms with Crippen LogP contribution in [0.4, 0.5) is 11.4 Å². The van der Waals surface area contributed by atoms with Crippen molar-refractivity contribution in [2.24, 2.45) is 0 Å². The molecule has 1 aliphatic heterocycles. The molecule has 35 heavy (non-hydrogen) atoms. The molecule has 0 fully saturated rings. The molecule has 7 heteroatoms. The molecule has 5 aromatic rings. The molecule has 0 radical (unpaired) electrons. The number of hydrogen-bond acceptors (Lipinski definition) is 4. The lowest BCUT2D eigenvalue weighted by molar-refractivity contribution is 0.0978. The number of para-hydroxylation sites is 2. The number of carbonyl (C=O) groups is 1. The minimum atomic E-state index is -0.437. The van der Waals surface area contributed by atoms with Crippen molar-refractivity contribution in [1.82, 2.24) is 14.5 Å². The van der Waals surface area contributed by atoms with E-state index in [-0.39, 0.29) is 5.91 Å². The molecule has 1 amide bonds. The van der Waals surface area contributed by atoms with Crippen LogP contribution in [-0.2, 0) is 0 Å². The van der Waals surface area contributed by atoms with Crippen LogP contribution in [0.5, 0.6) is 0 Å². The molecule has 3 heterocycles. The largest absolute Gasteiger partial charge is 0.378 e. The maximum absolute atomic E-state index is 14.1. The van der Waals surface area contributed by atoms with Gasteiger partial charge < -0.3 is 4.90 Å². The molecule has 1 unspecified atom stereocenters. The smallest absolute Gasteiger partial charge is 0.259 e. The molecule has 0 saturated heterocycles. The Bertz CT molecular complexity index is 1560. The quantitative estimate of drug-likeness (QED) is 0.324. The Morgan fingerprint density at radius 1 is 0.914 bits per heavy atom. The van der Waals surface area contributed by atoms with Crippen molar-refractivity contribution in [3.8, 4) is 5.69 Å². The van der Waals surface area contributed by atoms with E-state index in [0.717, 1.165) is 39.5 Å². The third kappa shape index (κ3) is 3.45. The van der Waals surface area contributed by atoms with Crippen LogP contribution in [0.25, 0.3) is 16.7 Å². The second-order valence-corrected chi connectivity index (χ2v) is 9.16. The highest BCUT2D eigenvalue weighted by molar-refractivity contribution is 6.31. The summed E-state index contributed by atoms with van der Waals surface area (Å²) in [7, 11) is 4.02. The summed E-state index contributed by atoms with van der Waals surface area (Å²) < 4.78 is 2.12. The van der Waals surface area contributed by atoms with Gasteiger partial charge in [0.15, 0.2) is 0 Å². The molecule has 0 aliphatic carbocycles. The number of benzene rings is 3. The zero-order chi connectivity index (χ0) is 24.1. The molecule has 3 aromatic carbocycles. The third-order valence-corrected chi connectivity index (χ3v) is 6.63. The number of amides is 1. The van der Waals surface area contributed by atoms with Crippen LogP contribution in [0.2, 0.25) is 5.02 Å². The second-order valence-electron chi connectivity index (χ2n) is 8.73. The first kappa shape index (κ1) is 21.4. The molecular formula is C28H22ClN5O. The van der Waals surface area contributed by atoms with E-state index >= 15 is 0 Å². The van der Waals surface area contributed by atoms with Gasteiger partial charge in [-0.25, -0.2) is 4.98 Å². The normalized spacial score (nSPS) is 14.5. The topological polar surface area (TPSA) is 54.3 Å². The monoisotopic (exact) mass is 479 g/mol. The first-order valence-corrected chi connectivity index (χ1v) is 11.7. The van der Waals surface area contributed by atoms with Gasteiger partial charge in [-0.15, -0.1) is 0 Å². The minimum Gasteiger partial charge on any atom is -0.378 e. The van der Waals surface area contributed by atoms with Gasteiger partial charge in [-0.3, -0.25) is 19.2 Å². The van der Waals surface area contributed by atoms with Gasteiger partial charge in [0.2, 0.25) is 0 Å². The van der Waals surface area contributed by atoms with E-state index in [4.69, 9.17) is 16.6 Å². The van der Waals surface area contributed by atoms with Gasteiger partial charge in [0.05, 0.1) is 22.4 Å². The van der Waals surface area contributed by atoms with E-state index in [2.05, 4.69) is 38.7 Å². The van der Waals surface area contributed by atoms with Gasteiger partial charge >= 0.3 is 0 Å². The highest BCUT2D eigenvalue weighted by atomic mass is 35.5. The molecule has 0 bridgehead atoms. The lowest BCUT2D eigenvalue weighted by Gasteiger charge is -2.38. The van der Waals surface area contributed by atoms with Crippen molar-refractivity contribution in [1.29, 1.82) is 0 Å². The number of aromatic nitrogens is 3. The SMILES string of the molecule is CN(C)c1ccc(C2c3nc4ccccc4n3-c3cc(Cl)ccc3N2C(=O)c2ccncc2)cc1. The highest BCUT2D eigenvalue weighted by Gasteiger charge is 2.39. The van der Waals surface area contributed by atoms with Gasteiger partial charge in [-0.2, -0.15) is 0 Å². The predicted molar refractivity (Wildman–Crippen MR) is 140 cm³/mol. The number of pyridine rings is 1. The molecule has 0 N–H and O–H groups in total. The van der Waals surface area contributed by atoms with Crippen molar-refractivity contribution in [2.45, 2.75) is 6.04 Å². The Morgan fingerprint density at radius 3 is 2.40 bits per heavy atom. The standard InChI is InChI=1S/C28H22ClN5O/c1-32(2)21-10-7-18(8-11-21)26-27-31-22-5-3-4-6-23(22)33(27)25-17-20(29)9-12-24(25)34(26)28(35)19-13-15-30-16-14-19/h3-17,26H,1-2H3. The molecule has 6 rings (SSSR count). The van der Waals surface area contributed by atoms with Gasteiger partial charge in [0.25, 0.3) is 5.91 Å². The van der Waals surface area contributed by atoms with E-state index in [1.54, 1.807) is 24.5 Å². The van der Waals surface area contributed by atoms with Gasteiger partial charge in [-0.05, 0) is 60.2 Å². The predicted octanol–water partition coefficient (Wildman–Crippen LogP) is 5.89. The zero-order valence-electron chi connectivity index (χ0n) is 19.3. The van der Waals surface area contributed by atoms with Crippen molar-refractivity contribution in [3.63, 3.8) is 0 Å². The molecule has 0 saturated carbocycles. The summed E-state index contributed by atoms with van der Waals surface area (Å²) in [5, 5.41) is 0.595. The molecule has 6 nitrogen and oxygen atoms in total. The van der Waals surface area contributed by atoms with Crippen LogP contribution in [0, 0.1) is 0 Å². The first-order chi connectivity index (χ1) is 17.0. The summed E-state index contributed by atoms with van der Waals surface area (Å²) in [6, 6.07) is 24.9. The maximum atomic E-state index is 14.1. The Balaban J connectivity index is 1.65. The molecular weight excluding hydrogens is 458 g/mol. The fraction of sp³-hybridized carbons (Fsp3) is 0.107. The van der Waals surface area contributed by atoms with E-state index in [1.807, 2.05) is 61.5 Å². The van der Waals surface area contributed by atoms with Crippen molar-refractivity contribution < 1.29 is 4.79 Å². The Hall–Kier alpha value is -4.16. The average Bonchev–Trinajstić information content (AvgIpc) is 3.27. The van der Waals surface area contributed by atoms with Crippen LogP contribution in [-0.4, -0.2) is 34.5 Å². The van der Waals surface area contributed by atoms with E-state index in [9.17, 15) is 4.79 Å². The number of carbonyl (C=O) groups excluding carboxylic acids is 1. The number of rotatable bonds is 3. The van der Waals surface area contributed by atoms with Gasteiger partial charge in [0, 0.05) is 42.8 Å². The molecule has 1 aliphatic rings. The van der Waals surface area contributed by atoms with Crippen LogP contribution in [0.15, 0.2) is 91.3 Å². The first-order valence-electron chi connectivity index (χ1n) is 11.3. The Labute approximate surface area is 208 Å². The molecule has 2 aromatic heterocycles. The van der Waals surface area contributed by atoms with Crippen molar-refractivity contribution in [3.05, 3.63) is 113 Å². The van der Waals surface area contributed by atoms with Crippen molar-refractivity contribution in [2.75, 3.05) is 23.9 Å². The summed E-state index contributed by atoms with van der Waals surface area (Å²) in [6.07, 6.45) is 3.27. The van der Waals surface area contributed by atoms with Gasteiger partial charge in [0.1, 0.15) is 11.9 Å². The summed E-state index contributed by atoms with van der Waals surface area (Å²) in [5.41, 5.74) is 6.03. The molecule has 0 spiro atoms. The fourth-order valence-corrected chi connectivity index (χ4v) is 4.89. The number of anilines is 2. The molecule has 172 valence electrons. The second kappa shape index (κ2) is 8.25. The Kier molecular flexibility index (Phi) is 5.04. The fourth-order valence-electron chi connectivity index (χ4n) is 4.73. The van der Waals surface area contributed by atoms with Crippen LogP contribution < -0.4 is 9.80 Å². The van der Waals surface area contributed by atoms with Crippen LogP contribution in [0.1, 0.15) is 27.8 Å². The number of halogens is 1. The lowest BCUT2D eigenvalue weighted by Crippen LogP contribution is -2.40. The summed E-state index contributed by atoms with van der Waals surface area (Å²) >= 11 is 6.46. The Morgan fingerprint density at radius 2 is 1.66 bits per heavy atom. The average molecular weight is 480 g/mol. The number of hydrogen-bond donors (Lipinski definition) is 0. The third-order valence-electron chi connectivity index (χ3n) is 6.40. The van der Waals surface area contributed by atoms with Gasteiger partial charge in [-0.1, -0.05) is 35.9 Å². The minimum absolute atomic E-state index is 0.129. The van der Waals surface area contributed by atoms with Crippen LogP contribution >= 0.6 is 11.6 Å². The van der Waals surface area contributed by atoms with Crippen LogP contribution in [0.3, 0.4) is 0 Å². The zero-order valence-corrected chi connectivity index (χ0v) is 20.0. The van der Waals surface area contributed by atoms with E-state index < -0.39 is 6.04 Å². The summed E-state index contributed by atoms with van der Waals surface area (Å²) in [6.45, 7) is 0. The summed E-state index contributed by atoms with van der Waals surface area (Å²) in [5.74, 6) is 0.636. The number of fused-ring (bicyclic) bond motifs is 5. The summed E-state index contributed by atoms with van der Waals surface area (Å²) in [4.78, 5) is 27.0. The van der Waals surface area contributed by atoms with E-state index in [0.29, 0.717) is 10.6 Å². The maximum Gasteiger partial charge on any atom is 0.259 e. The molecule has 1 atom stereocenters. The van der Waals surface area contributed by atoms with E-state index in [1.165, 1.54) is 0 Å². The highest BCUT2D eigenvalue weighted by Crippen LogP contribution is 2.45. The van der Waals surface area contributed by atoms with Crippen molar-refractivity contribution >= 4 is 39.9 Å². The lowest BCUT2D eigenvalue weighted by atomic mass is 9.98. The number of nitrogens with zero attached hydrogens (tertiary/aromatic N) is 5.